The van der Waals surface area contributed by atoms with Crippen molar-refractivity contribution in [2.24, 2.45) is 0 Å². The van der Waals surface area contributed by atoms with Crippen LogP contribution in [0.15, 0.2) is 18.3 Å². The van der Waals surface area contributed by atoms with Crippen LogP contribution >= 0.6 is 0 Å². The van der Waals surface area contributed by atoms with E-state index < -0.39 is 6.03 Å². The van der Waals surface area contributed by atoms with Gasteiger partial charge in [0.05, 0.1) is 12.2 Å². The number of likely N-dealkylation sites (tertiary alicyclic amines) is 1. The third kappa shape index (κ3) is 6.24. The summed E-state index contributed by atoms with van der Waals surface area (Å²) in [5, 5.41) is 12.4. The molecule has 11 nitrogen and oxygen atoms in total. The van der Waals surface area contributed by atoms with Gasteiger partial charge in [0.15, 0.2) is 6.29 Å². The number of anilines is 2. The number of amides is 3. The standard InChI is InChI=1S/C28H33N7O4/c29-15-23-16-30-25(14-20(23)5-3-9-33-7-1-2-8-33)32-28(38)35-10-4-6-21-13-22(24(18-36)31-27(21)35)17-34-11-12-39-19-26(34)37/h13-14,16,18H,1-12,17,19H2,(H,30,32,38). The lowest BCUT2D eigenvalue weighted by molar-refractivity contribution is -0.143. The van der Waals surface area contributed by atoms with E-state index in [1.807, 2.05) is 6.07 Å². The van der Waals surface area contributed by atoms with Gasteiger partial charge in [0.1, 0.15) is 30.0 Å². The third-order valence-corrected chi connectivity index (χ3v) is 7.54. The number of aryl methyl sites for hydroxylation is 2. The zero-order valence-electron chi connectivity index (χ0n) is 22.0. The first-order valence-corrected chi connectivity index (χ1v) is 13.6. The third-order valence-electron chi connectivity index (χ3n) is 7.54. The number of carbonyl (C=O) groups is 3. The van der Waals surface area contributed by atoms with Crippen LogP contribution in [0.5, 0.6) is 0 Å². The summed E-state index contributed by atoms with van der Waals surface area (Å²) >= 11 is 0. The highest BCUT2D eigenvalue weighted by Gasteiger charge is 2.28. The summed E-state index contributed by atoms with van der Waals surface area (Å²) in [6.07, 6.45) is 7.78. The summed E-state index contributed by atoms with van der Waals surface area (Å²) in [5.41, 5.74) is 3.11. The molecule has 2 fully saturated rings. The molecule has 0 radical (unpaired) electrons. The second-order valence-electron chi connectivity index (χ2n) is 10.2. The average molecular weight is 532 g/mol. The summed E-state index contributed by atoms with van der Waals surface area (Å²) in [5.74, 6) is 0.694. The molecule has 0 unspecified atom stereocenters. The van der Waals surface area contributed by atoms with Crippen LogP contribution in [-0.4, -0.2) is 83.9 Å². The first kappa shape index (κ1) is 26.7. The fourth-order valence-corrected chi connectivity index (χ4v) is 5.46. The molecule has 1 N–H and O–H groups in total. The van der Waals surface area contributed by atoms with Gasteiger partial charge in [0.25, 0.3) is 0 Å². The molecule has 3 aliphatic rings. The monoisotopic (exact) mass is 531 g/mol. The van der Waals surface area contributed by atoms with Gasteiger partial charge >= 0.3 is 6.03 Å². The summed E-state index contributed by atoms with van der Waals surface area (Å²) < 4.78 is 5.20. The van der Waals surface area contributed by atoms with E-state index in [0.29, 0.717) is 55.2 Å². The number of aldehydes is 1. The van der Waals surface area contributed by atoms with Gasteiger partial charge < -0.3 is 14.5 Å². The Bertz CT molecular complexity index is 1290. The second kappa shape index (κ2) is 12.3. The number of nitriles is 1. The van der Waals surface area contributed by atoms with Gasteiger partial charge in [0, 0.05) is 31.4 Å². The summed E-state index contributed by atoms with van der Waals surface area (Å²) in [4.78, 5) is 51.9. The van der Waals surface area contributed by atoms with Crippen molar-refractivity contribution in [3.05, 3.63) is 46.3 Å². The smallest absolute Gasteiger partial charge is 0.328 e. The fraction of sp³-hybridized carbons (Fsp3) is 0.500. The minimum atomic E-state index is -0.392. The van der Waals surface area contributed by atoms with Crippen molar-refractivity contribution in [1.29, 1.82) is 5.26 Å². The molecule has 5 heterocycles. The highest BCUT2D eigenvalue weighted by molar-refractivity contribution is 6.01. The van der Waals surface area contributed by atoms with Gasteiger partial charge in [-0.05, 0) is 81.4 Å². The van der Waals surface area contributed by atoms with E-state index in [0.717, 1.165) is 50.0 Å². The van der Waals surface area contributed by atoms with Gasteiger partial charge in [-0.3, -0.25) is 19.8 Å². The number of ether oxygens (including phenoxy) is 1. The normalized spacial score (nSPS) is 17.6. The number of hydrogen-bond donors (Lipinski definition) is 1. The maximum atomic E-state index is 13.3. The second-order valence-corrected chi connectivity index (χ2v) is 10.2. The number of pyridine rings is 2. The molecule has 204 valence electrons. The fourth-order valence-electron chi connectivity index (χ4n) is 5.46. The molecule has 5 rings (SSSR count). The molecule has 0 atom stereocenters. The van der Waals surface area contributed by atoms with Gasteiger partial charge in [-0.1, -0.05) is 0 Å². The SMILES string of the molecule is N#Cc1cnc(NC(=O)N2CCCc3cc(CN4CCOCC4=O)c(C=O)nc32)cc1CCCN1CCCC1. The zero-order valence-corrected chi connectivity index (χ0v) is 22.0. The lowest BCUT2D eigenvalue weighted by Gasteiger charge is -2.30. The quantitative estimate of drug-likeness (QED) is 0.514. The van der Waals surface area contributed by atoms with E-state index in [2.05, 4.69) is 26.3 Å². The van der Waals surface area contributed by atoms with Gasteiger partial charge in [-0.15, -0.1) is 0 Å². The van der Waals surface area contributed by atoms with Crippen molar-refractivity contribution >= 4 is 29.9 Å². The molecule has 0 aliphatic carbocycles. The van der Waals surface area contributed by atoms with Crippen molar-refractivity contribution in [3.8, 4) is 6.07 Å². The number of nitrogens with one attached hydrogen (secondary N) is 1. The number of aromatic nitrogens is 2. The Morgan fingerprint density at radius 2 is 2.00 bits per heavy atom. The van der Waals surface area contributed by atoms with Crippen LogP contribution in [0.1, 0.15) is 58.4 Å². The summed E-state index contributed by atoms with van der Waals surface area (Å²) in [6.45, 7) is 4.93. The molecule has 2 aromatic rings. The number of hydrogen-bond acceptors (Lipinski definition) is 8. The Hall–Kier alpha value is -3.88. The van der Waals surface area contributed by atoms with E-state index in [9.17, 15) is 19.6 Å². The Morgan fingerprint density at radius 3 is 2.77 bits per heavy atom. The summed E-state index contributed by atoms with van der Waals surface area (Å²) in [7, 11) is 0. The van der Waals surface area contributed by atoms with Crippen LogP contribution in [0, 0.1) is 11.3 Å². The molecule has 3 aliphatic heterocycles. The average Bonchev–Trinajstić information content (AvgIpc) is 3.47. The Labute approximate surface area is 227 Å². The number of fused-ring (bicyclic) bond motifs is 1. The van der Waals surface area contributed by atoms with Crippen LogP contribution < -0.4 is 10.2 Å². The van der Waals surface area contributed by atoms with Gasteiger partial charge in [-0.25, -0.2) is 14.8 Å². The lowest BCUT2D eigenvalue weighted by Crippen LogP contribution is -2.42. The van der Waals surface area contributed by atoms with Crippen LogP contribution in [0.25, 0.3) is 0 Å². The molecular formula is C28H33N7O4. The first-order chi connectivity index (χ1) is 19.1. The largest absolute Gasteiger partial charge is 0.370 e. The number of nitrogens with zero attached hydrogens (tertiary/aromatic N) is 6. The van der Waals surface area contributed by atoms with Crippen molar-refractivity contribution in [3.63, 3.8) is 0 Å². The molecular weight excluding hydrogens is 498 g/mol. The summed E-state index contributed by atoms with van der Waals surface area (Å²) in [6, 6.07) is 5.47. The number of carbonyl (C=O) groups excluding carboxylic acids is 3. The molecule has 11 heteroatoms. The molecule has 2 aromatic heterocycles. The number of morpholine rings is 1. The van der Waals surface area contributed by atoms with E-state index in [4.69, 9.17) is 4.74 Å². The maximum Gasteiger partial charge on any atom is 0.328 e. The molecule has 0 saturated carbocycles. The molecule has 0 bridgehead atoms. The Balaban J connectivity index is 1.30. The van der Waals surface area contributed by atoms with Crippen molar-refractivity contribution in [1.82, 2.24) is 19.8 Å². The highest BCUT2D eigenvalue weighted by atomic mass is 16.5. The Kier molecular flexibility index (Phi) is 8.44. The molecule has 0 aromatic carbocycles. The predicted molar refractivity (Wildman–Crippen MR) is 143 cm³/mol. The van der Waals surface area contributed by atoms with Crippen LogP contribution in [0.2, 0.25) is 0 Å². The molecule has 2 saturated heterocycles. The van der Waals surface area contributed by atoms with E-state index >= 15 is 0 Å². The Morgan fingerprint density at radius 1 is 1.15 bits per heavy atom. The topological polar surface area (TPSA) is 132 Å². The van der Waals surface area contributed by atoms with E-state index in [1.165, 1.54) is 23.9 Å². The molecule has 0 spiro atoms. The number of rotatable bonds is 8. The highest BCUT2D eigenvalue weighted by Crippen LogP contribution is 2.29. The number of urea groups is 1. The van der Waals surface area contributed by atoms with Crippen molar-refractivity contribution < 1.29 is 19.1 Å². The van der Waals surface area contributed by atoms with Crippen molar-refractivity contribution in [2.75, 3.05) is 56.2 Å². The van der Waals surface area contributed by atoms with E-state index in [-0.39, 0.29) is 24.8 Å². The maximum absolute atomic E-state index is 13.3. The first-order valence-electron chi connectivity index (χ1n) is 13.6. The van der Waals surface area contributed by atoms with Crippen LogP contribution in [0.3, 0.4) is 0 Å². The molecule has 3 amide bonds. The predicted octanol–water partition coefficient (Wildman–Crippen LogP) is 2.53. The zero-order chi connectivity index (χ0) is 27.2. The van der Waals surface area contributed by atoms with Crippen LogP contribution in [0.4, 0.5) is 16.4 Å². The minimum absolute atomic E-state index is 0.0340. The van der Waals surface area contributed by atoms with Gasteiger partial charge in [0.2, 0.25) is 5.91 Å². The van der Waals surface area contributed by atoms with Crippen molar-refractivity contribution in [2.45, 2.75) is 45.1 Å². The minimum Gasteiger partial charge on any atom is -0.370 e. The molecule has 39 heavy (non-hydrogen) atoms. The van der Waals surface area contributed by atoms with E-state index in [1.54, 1.807) is 11.0 Å². The van der Waals surface area contributed by atoms with Crippen LogP contribution in [-0.2, 0) is 28.9 Å². The van der Waals surface area contributed by atoms with Gasteiger partial charge in [-0.2, -0.15) is 5.26 Å². The lowest BCUT2D eigenvalue weighted by atomic mass is 10.0.